The van der Waals surface area contributed by atoms with Crippen LogP contribution in [-0.4, -0.2) is 33.7 Å². The molecular formula is C39H32IN3O5. The number of imide groups is 2. The minimum atomic E-state index is -1.34. The molecule has 6 atom stereocenters. The van der Waals surface area contributed by atoms with Gasteiger partial charge in [-0.2, -0.15) is 5.01 Å². The van der Waals surface area contributed by atoms with Crippen LogP contribution in [0.1, 0.15) is 35.4 Å². The van der Waals surface area contributed by atoms with E-state index < -0.39 is 35.0 Å². The molecule has 9 heteroatoms. The number of rotatable bonds is 5. The van der Waals surface area contributed by atoms with Crippen molar-refractivity contribution < 1.29 is 24.3 Å². The molecule has 2 heterocycles. The molecule has 48 heavy (non-hydrogen) atoms. The molecule has 0 radical (unpaired) electrons. The zero-order chi connectivity index (χ0) is 33.3. The number of hydrogen-bond donors (Lipinski definition) is 2. The van der Waals surface area contributed by atoms with Crippen molar-refractivity contribution in [3.63, 3.8) is 0 Å². The summed E-state index contributed by atoms with van der Waals surface area (Å²) in [6.07, 6.45) is 2.62. The van der Waals surface area contributed by atoms with Crippen molar-refractivity contribution >= 4 is 57.6 Å². The van der Waals surface area contributed by atoms with Gasteiger partial charge in [-0.1, -0.05) is 71.8 Å². The van der Waals surface area contributed by atoms with Crippen LogP contribution in [-0.2, 0) is 24.6 Å². The third-order valence-corrected chi connectivity index (χ3v) is 11.4. The number of hydrazine groups is 1. The number of fused-ring (bicyclic) bond motifs is 4. The number of nitrogens with zero attached hydrogens (tertiary/aromatic N) is 2. The number of halogens is 1. The van der Waals surface area contributed by atoms with E-state index in [0.717, 1.165) is 25.3 Å². The molecule has 240 valence electrons. The summed E-state index contributed by atoms with van der Waals surface area (Å²) in [7, 11) is 0. The van der Waals surface area contributed by atoms with Crippen molar-refractivity contribution in [3.05, 3.63) is 135 Å². The van der Waals surface area contributed by atoms with Gasteiger partial charge in [0, 0.05) is 9.49 Å². The number of carbonyl (C=O) groups is 4. The molecule has 4 aromatic carbocycles. The van der Waals surface area contributed by atoms with Gasteiger partial charge in [-0.15, -0.1) is 0 Å². The first-order chi connectivity index (χ1) is 23.2. The summed E-state index contributed by atoms with van der Waals surface area (Å²) in [5.74, 6) is -4.35. The predicted octanol–water partition coefficient (Wildman–Crippen LogP) is 6.49. The molecule has 0 bridgehead atoms. The van der Waals surface area contributed by atoms with E-state index in [1.54, 1.807) is 36.4 Å². The number of amides is 4. The summed E-state index contributed by atoms with van der Waals surface area (Å²) in [4.78, 5) is 59.4. The van der Waals surface area contributed by atoms with Crippen LogP contribution in [0, 0.1) is 34.2 Å². The van der Waals surface area contributed by atoms with Crippen LogP contribution in [0.25, 0.3) is 0 Å². The molecule has 3 fully saturated rings. The molecule has 2 saturated heterocycles. The second-order valence-corrected chi connectivity index (χ2v) is 14.4. The Balaban J connectivity index is 1.30. The fourth-order valence-electron chi connectivity index (χ4n) is 8.63. The third kappa shape index (κ3) is 4.47. The minimum absolute atomic E-state index is 0.0790. The molecule has 4 aromatic rings. The summed E-state index contributed by atoms with van der Waals surface area (Å²) in [5.41, 5.74) is 6.29. The molecule has 1 saturated carbocycles. The molecule has 2 aliphatic heterocycles. The lowest BCUT2D eigenvalue weighted by atomic mass is 9.49. The normalized spacial score (nSPS) is 27.8. The average Bonchev–Trinajstić information content (AvgIpc) is 3.48. The van der Waals surface area contributed by atoms with Crippen molar-refractivity contribution in [3.8, 4) is 5.75 Å². The van der Waals surface area contributed by atoms with Crippen LogP contribution < -0.4 is 10.3 Å². The number of benzene rings is 4. The minimum Gasteiger partial charge on any atom is -0.508 e. The van der Waals surface area contributed by atoms with E-state index in [2.05, 4.69) is 28.0 Å². The molecule has 0 aromatic heterocycles. The topological polar surface area (TPSA) is 107 Å². The molecule has 2 aliphatic carbocycles. The van der Waals surface area contributed by atoms with E-state index in [1.807, 2.05) is 79.7 Å². The fraction of sp³-hybridized carbons (Fsp3) is 0.231. The number of phenols is 1. The smallest absolute Gasteiger partial charge is 0.260 e. The second kappa shape index (κ2) is 11.4. The number of allylic oxidation sites excluding steroid dienone is 2. The lowest BCUT2D eigenvalue weighted by molar-refractivity contribution is -0.138. The van der Waals surface area contributed by atoms with Crippen LogP contribution >= 0.6 is 22.6 Å². The number of aryl methyl sites for hydroxylation is 1. The highest BCUT2D eigenvalue weighted by molar-refractivity contribution is 14.1. The van der Waals surface area contributed by atoms with Crippen LogP contribution in [0.5, 0.6) is 5.75 Å². The Hall–Kier alpha value is -4.77. The van der Waals surface area contributed by atoms with Crippen LogP contribution in [0.15, 0.2) is 115 Å². The van der Waals surface area contributed by atoms with Gasteiger partial charge in [0.15, 0.2) is 0 Å². The van der Waals surface area contributed by atoms with Gasteiger partial charge in [0.2, 0.25) is 11.8 Å². The van der Waals surface area contributed by atoms with Crippen molar-refractivity contribution in [1.82, 2.24) is 5.01 Å². The van der Waals surface area contributed by atoms with E-state index in [1.165, 1.54) is 4.90 Å². The largest absolute Gasteiger partial charge is 0.508 e. The summed E-state index contributed by atoms with van der Waals surface area (Å²) >= 11 is 2.19. The molecule has 2 N–H and O–H groups in total. The Kier molecular flexibility index (Phi) is 7.28. The molecule has 0 unspecified atom stereocenters. The van der Waals surface area contributed by atoms with Gasteiger partial charge in [0.25, 0.3) is 11.8 Å². The zero-order valence-electron chi connectivity index (χ0n) is 26.0. The van der Waals surface area contributed by atoms with Gasteiger partial charge >= 0.3 is 0 Å². The van der Waals surface area contributed by atoms with E-state index in [0.29, 0.717) is 23.4 Å². The van der Waals surface area contributed by atoms with Crippen LogP contribution in [0.3, 0.4) is 0 Å². The highest BCUT2D eigenvalue weighted by atomic mass is 127. The average molecular weight is 750 g/mol. The number of hydrogen-bond acceptors (Lipinski definition) is 6. The predicted molar refractivity (Wildman–Crippen MR) is 189 cm³/mol. The standard InChI is InChI=1S/C39H32IN3O5/c1-22-7-13-26(14-8-22)41-43-36(46)32-21-31-29(19-20-30-33(31)37(47)42(35(30)45)27-15-11-25(40)12-16-27)34(23-9-17-28(44)18-10-23)39(32,38(43)48)24-5-3-2-4-6-24/h2-19,30-34,41,44H,20-21H2,1H3/t30-,31+,32-,33-,34-,39+/m0/s1. The molecule has 8 nitrogen and oxygen atoms in total. The maximum Gasteiger partial charge on any atom is 0.260 e. The van der Waals surface area contributed by atoms with Crippen molar-refractivity contribution in [1.29, 1.82) is 0 Å². The van der Waals surface area contributed by atoms with Crippen LogP contribution in [0.4, 0.5) is 11.4 Å². The third-order valence-electron chi connectivity index (χ3n) is 10.7. The first-order valence-electron chi connectivity index (χ1n) is 16.1. The van der Waals surface area contributed by atoms with Gasteiger partial charge in [0.1, 0.15) is 5.75 Å². The molecule has 8 rings (SSSR count). The van der Waals surface area contributed by atoms with Gasteiger partial charge in [-0.25, -0.2) is 0 Å². The lowest BCUT2D eigenvalue weighted by Crippen LogP contribution is -2.53. The van der Waals surface area contributed by atoms with Gasteiger partial charge < -0.3 is 5.11 Å². The molecule has 0 spiro atoms. The van der Waals surface area contributed by atoms with Gasteiger partial charge in [-0.3, -0.25) is 29.5 Å². The molecule has 4 aliphatic rings. The number of anilines is 2. The van der Waals surface area contributed by atoms with E-state index in [9.17, 15) is 19.5 Å². The Labute approximate surface area is 291 Å². The van der Waals surface area contributed by atoms with E-state index >= 15 is 4.79 Å². The van der Waals surface area contributed by atoms with Crippen LogP contribution in [0.2, 0.25) is 0 Å². The summed E-state index contributed by atoms with van der Waals surface area (Å²) in [6.45, 7) is 1.97. The number of nitrogens with one attached hydrogen (secondary N) is 1. The Morgan fingerprint density at radius 2 is 1.48 bits per heavy atom. The number of phenolic OH excluding ortho intramolecular Hbond substituents is 1. The fourth-order valence-corrected chi connectivity index (χ4v) is 8.99. The Morgan fingerprint density at radius 3 is 2.17 bits per heavy atom. The molecular weight excluding hydrogens is 717 g/mol. The first-order valence-corrected chi connectivity index (χ1v) is 17.2. The Bertz CT molecular complexity index is 1990. The monoisotopic (exact) mass is 749 g/mol. The maximum absolute atomic E-state index is 15.1. The van der Waals surface area contributed by atoms with Crippen molar-refractivity contribution in [2.45, 2.75) is 31.1 Å². The zero-order valence-corrected chi connectivity index (χ0v) is 28.2. The summed E-state index contributed by atoms with van der Waals surface area (Å²) in [5, 5.41) is 11.4. The van der Waals surface area contributed by atoms with Crippen molar-refractivity contribution in [2.75, 3.05) is 10.3 Å². The lowest BCUT2D eigenvalue weighted by Gasteiger charge is -2.50. The highest BCUT2D eigenvalue weighted by Gasteiger charge is 2.70. The number of aromatic hydroxyl groups is 1. The summed E-state index contributed by atoms with van der Waals surface area (Å²) < 4.78 is 0.992. The maximum atomic E-state index is 15.1. The summed E-state index contributed by atoms with van der Waals surface area (Å²) in [6, 6.07) is 31.0. The quantitative estimate of drug-likeness (QED) is 0.137. The van der Waals surface area contributed by atoms with Crippen molar-refractivity contribution in [2.24, 2.45) is 23.7 Å². The van der Waals surface area contributed by atoms with Gasteiger partial charge in [0.05, 0.1) is 34.5 Å². The SMILES string of the molecule is Cc1ccc(NN2C(=O)[C@@H]3C[C@@H]4C(=CC[C@@H]5C(=O)N(c6ccc(I)cc6)C(=O)[C@@H]54)[C@H](c4ccc(O)cc4)[C@]3(c3ccccc3)C2=O)cc1. The molecule has 4 amide bonds. The van der Waals surface area contributed by atoms with E-state index in [4.69, 9.17) is 0 Å². The highest BCUT2D eigenvalue weighted by Crippen LogP contribution is 2.64. The first kappa shape index (κ1) is 30.6. The van der Waals surface area contributed by atoms with Gasteiger partial charge in [-0.05, 0) is 108 Å². The number of carbonyl (C=O) groups excluding carboxylic acids is 4. The second-order valence-electron chi connectivity index (χ2n) is 13.2. The Morgan fingerprint density at radius 1 is 0.792 bits per heavy atom. The van der Waals surface area contributed by atoms with E-state index in [-0.39, 0.29) is 35.8 Å².